The summed E-state index contributed by atoms with van der Waals surface area (Å²) >= 11 is 7.33. The highest BCUT2D eigenvalue weighted by molar-refractivity contribution is 7.07. The SMILES string of the molecule is CCOC(=O)C1=C(C)N=c2s/c(=C/c3cnn(C)c3)c(=O)n2[C@H]1c1ccc(Cl)cc1. The van der Waals surface area contributed by atoms with Crippen LogP contribution in [0.4, 0.5) is 0 Å². The minimum absolute atomic E-state index is 0.225. The van der Waals surface area contributed by atoms with Gasteiger partial charge in [-0.3, -0.25) is 14.0 Å². The molecule has 0 spiro atoms. The molecule has 30 heavy (non-hydrogen) atoms. The Morgan fingerprint density at radius 1 is 1.33 bits per heavy atom. The third-order valence-corrected chi connectivity index (χ3v) is 5.96. The van der Waals surface area contributed by atoms with Crippen LogP contribution in [0.3, 0.4) is 0 Å². The van der Waals surface area contributed by atoms with Gasteiger partial charge < -0.3 is 4.74 Å². The van der Waals surface area contributed by atoms with E-state index in [-0.39, 0.29) is 12.2 Å². The van der Waals surface area contributed by atoms with Crippen molar-refractivity contribution in [3.05, 3.63) is 83.8 Å². The molecule has 2 aromatic heterocycles. The molecule has 4 rings (SSSR count). The Kier molecular flexibility index (Phi) is 5.44. The van der Waals surface area contributed by atoms with Crippen LogP contribution >= 0.6 is 22.9 Å². The number of nitrogens with zero attached hydrogens (tertiary/aromatic N) is 4. The maximum absolute atomic E-state index is 13.4. The number of benzene rings is 1. The first kappa shape index (κ1) is 20.3. The van der Waals surface area contributed by atoms with Gasteiger partial charge in [0.05, 0.1) is 34.6 Å². The Labute approximate surface area is 181 Å². The predicted molar refractivity (Wildman–Crippen MR) is 115 cm³/mol. The summed E-state index contributed by atoms with van der Waals surface area (Å²) < 4.78 is 9.01. The fourth-order valence-corrected chi connectivity index (χ4v) is 4.59. The smallest absolute Gasteiger partial charge is 0.338 e. The highest BCUT2D eigenvalue weighted by Gasteiger charge is 2.33. The van der Waals surface area contributed by atoms with Gasteiger partial charge >= 0.3 is 5.97 Å². The number of carbonyl (C=O) groups is 1. The van der Waals surface area contributed by atoms with E-state index in [1.54, 1.807) is 47.5 Å². The molecule has 0 saturated heterocycles. The third-order valence-electron chi connectivity index (χ3n) is 4.73. The van der Waals surface area contributed by atoms with E-state index in [4.69, 9.17) is 16.3 Å². The molecule has 0 amide bonds. The Morgan fingerprint density at radius 2 is 2.07 bits per heavy atom. The van der Waals surface area contributed by atoms with Gasteiger partial charge in [0.15, 0.2) is 4.80 Å². The van der Waals surface area contributed by atoms with Crippen LogP contribution in [0.15, 0.2) is 57.7 Å². The van der Waals surface area contributed by atoms with Gasteiger partial charge in [0.25, 0.3) is 5.56 Å². The number of rotatable bonds is 4. The van der Waals surface area contributed by atoms with Crippen LogP contribution in [-0.4, -0.2) is 26.9 Å². The topological polar surface area (TPSA) is 78.5 Å². The van der Waals surface area contributed by atoms with E-state index in [9.17, 15) is 9.59 Å². The number of aryl methyl sites for hydroxylation is 1. The van der Waals surface area contributed by atoms with Crippen LogP contribution in [-0.2, 0) is 16.6 Å². The first-order valence-electron chi connectivity index (χ1n) is 9.33. The number of thiazole rings is 1. The number of carbonyl (C=O) groups excluding carboxylic acids is 1. The molecule has 0 fully saturated rings. The lowest BCUT2D eigenvalue weighted by Crippen LogP contribution is -2.39. The Bertz CT molecular complexity index is 1330. The lowest BCUT2D eigenvalue weighted by atomic mass is 9.96. The van der Waals surface area contributed by atoms with Gasteiger partial charge in [-0.25, -0.2) is 9.79 Å². The van der Waals surface area contributed by atoms with Gasteiger partial charge in [0, 0.05) is 23.8 Å². The van der Waals surface area contributed by atoms with Crippen molar-refractivity contribution in [1.29, 1.82) is 0 Å². The molecule has 1 aromatic carbocycles. The van der Waals surface area contributed by atoms with Crippen molar-refractivity contribution in [3.8, 4) is 0 Å². The predicted octanol–water partition coefficient (Wildman–Crippen LogP) is 2.19. The molecular formula is C21H19ClN4O3S. The molecule has 3 aromatic rings. The highest BCUT2D eigenvalue weighted by atomic mass is 35.5. The van der Waals surface area contributed by atoms with E-state index in [1.807, 2.05) is 25.4 Å². The van der Waals surface area contributed by atoms with Crippen molar-refractivity contribution >= 4 is 35.0 Å². The molecule has 154 valence electrons. The van der Waals surface area contributed by atoms with Crippen molar-refractivity contribution in [2.75, 3.05) is 6.61 Å². The van der Waals surface area contributed by atoms with Crippen molar-refractivity contribution in [1.82, 2.24) is 14.3 Å². The molecule has 9 heteroatoms. The van der Waals surface area contributed by atoms with Crippen molar-refractivity contribution < 1.29 is 9.53 Å². The quantitative estimate of drug-likeness (QED) is 0.580. The zero-order valence-electron chi connectivity index (χ0n) is 16.6. The van der Waals surface area contributed by atoms with E-state index in [1.165, 1.54) is 11.3 Å². The van der Waals surface area contributed by atoms with E-state index < -0.39 is 12.0 Å². The second kappa shape index (κ2) is 8.04. The number of fused-ring (bicyclic) bond motifs is 1. The standard InChI is InChI=1S/C21H19ClN4O3S/c1-4-29-20(28)17-12(2)24-21-26(18(17)14-5-7-15(22)8-6-14)19(27)16(30-21)9-13-10-23-25(3)11-13/h5-11,18H,4H2,1-3H3/b16-9+/t18-/m0/s1. The second-order valence-corrected chi connectivity index (χ2v) is 8.25. The Morgan fingerprint density at radius 3 is 2.70 bits per heavy atom. The number of ether oxygens (including phenoxy) is 1. The first-order valence-corrected chi connectivity index (χ1v) is 10.5. The number of allylic oxidation sites excluding steroid dienone is 1. The number of aromatic nitrogens is 3. The van der Waals surface area contributed by atoms with Gasteiger partial charge in [-0.15, -0.1) is 0 Å². The summed E-state index contributed by atoms with van der Waals surface area (Å²) in [4.78, 5) is 31.2. The third kappa shape index (κ3) is 3.64. The minimum Gasteiger partial charge on any atom is -0.463 e. The summed E-state index contributed by atoms with van der Waals surface area (Å²) in [6.45, 7) is 3.73. The van der Waals surface area contributed by atoms with E-state index in [0.717, 1.165) is 11.1 Å². The lowest BCUT2D eigenvalue weighted by Gasteiger charge is -2.24. The number of hydrogen-bond donors (Lipinski definition) is 0. The van der Waals surface area contributed by atoms with Crippen molar-refractivity contribution in [3.63, 3.8) is 0 Å². The van der Waals surface area contributed by atoms with Crippen molar-refractivity contribution in [2.24, 2.45) is 12.0 Å². The average molecular weight is 443 g/mol. The molecule has 1 aliphatic heterocycles. The summed E-state index contributed by atoms with van der Waals surface area (Å²) in [6, 6.07) is 6.45. The van der Waals surface area contributed by atoms with Crippen LogP contribution in [0, 0.1) is 0 Å². The monoisotopic (exact) mass is 442 g/mol. The van der Waals surface area contributed by atoms with Gasteiger partial charge in [-0.1, -0.05) is 35.1 Å². The maximum Gasteiger partial charge on any atom is 0.338 e. The largest absolute Gasteiger partial charge is 0.463 e. The molecular weight excluding hydrogens is 424 g/mol. The maximum atomic E-state index is 13.4. The lowest BCUT2D eigenvalue weighted by molar-refractivity contribution is -0.139. The highest BCUT2D eigenvalue weighted by Crippen LogP contribution is 2.31. The number of hydrogen-bond acceptors (Lipinski definition) is 6. The van der Waals surface area contributed by atoms with Gasteiger partial charge in [0.2, 0.25) is 0 Å². The molecule has 0 saturated carbocycles. The average Bonchev–Trinajstić information content (AvgIpc) is 3.24. The van der Waals surface area contributed by atoms with Gasteiger partial charge in [-0.2, -0.15) is 5.10 Å². The normalized spacial score (nSPS) is 16.4. The van der Waals surface area contributed by atoms with Crippen molar-refractivity contribution in [2.45, 2.75) is 19.9 Å². The van der Waals surface area contributed by atoms with Crippen LogP contribution in [0.2, 0.25) is 5.02 Å². The minimum atomic E-state index is -0.645. The molecule has 0 radical (unpaired) electrons. The van der Waals surface area contributed by atoms with Gasteiger partial charge in [0.1, 0.15) is 0 Å². The van der Waals surface area contributed by atoms with E-state index >= 15 is 0 Å². The number of esters is 1. The molecule has 1 aliphatic rings. The summed E-state index contributed by atoms with van der Waals surface area (Å²) in [5.41, 5.74) is 2.22. The Balaban J connectivity index is 1.96. The first-order chi connectivity index (χ1) is 14.4. The molecule has 1 atom stereocenters. The summed E-state index contributed by atoms with van der Waals surface area (Å²) in [5.74, 6) is -0.486. The number of halogens is 1. The van der Waals surface area contributed by atoms with Gasteiger partial charge in [-0.05, 0) is 37.6 Å². The Hall–Kier alpha value is -2.97. The molecule has 0 bridgehead atoms. The summed E-state index contributed by atoms with van der Waals surface area (Å²) in [7, 11) is 1.81. The molecule has 7 nitrogen and oxygen atoms in total. The molecule has 0 aliphatic carbocycles. The molecule has 3 heterocycles. The van der Waals surface area contributed by atoms with Crippen LogP contribution < -0.4 is 14.9 Å². The van der Waals surface area contributed by atoms with E-state index in [0.29, 0.717) is 25.6 Å². The van der Waals surface area contributed by atoms with E-state index in [2.05, 4.69) is 10.1 Å². The molecule has 0 unspecified atom stereocenters. The van der Waals surface area contributed by atoms with Crippen LogP contribution in [0.1, 0.15) is 31.0 Å². The fourth-order valence-electron chi connectivity index (χ4n) is 3.42. The second-order valence-electron chi connectivity index (χ2n) is 6.80. The van der Waals surface area contributed by atoms with Crippen LogP contribution in [0.5, 0.6) is 0 Å². The summed E-state index contributed by atoms with van der Waals surface area (Å²) in [6.07, 6.45) is 5.29. The molecule has 0 N–H and O–H groups in total. The fraction of sp³-hybridized carbons (Fsp3) is 0.238. The summed E-state index contributed by atoms with van der Waals surface area (Å²) in [5, 5.41) is 4.71. The zero-order valence-corrected chi connectivity index (χ0v) is 18.2. The van der Waals surface area contributed by atoms with Crippen LogP contribution in [0.25, 0.3) is 6.08 Å². The zero-order chi connectivity index (χ0) is 21.4.